The van der Waals surface area contributed by atoms with E-state index < -0.39 is 0 Å². The fourth-order valence-electron chi connectivity index (χ4n) is 1.02. The van der Waals surface area contributed by atoms with E-state index in [4.69, 9.17) is 21.4 Å². The lowest BCUT2D eigenvalue weighted by molar-refractivity contribution is 0.201. The first-order valence-corrected chi connectivity index (χ1v) is 4.92. The fraction of sp³-hybridized carbons (Fsp3) is 0.500. The lowest BCUT2D eigenvalue weighted by atomic mass is 10.1. The van der Waals surface area contributed by atoms with Gasteiger partial charge in [-0.3, -0.25) is 4.98 Å². The maximum atomic E-state index is 8.61. The van der Waals surface area contributed by atoms with Crippen LogP contribution in [0.3, 0.4) is 0 Å². The predicted octanol–water partition coefficient (Wildman–Crippen LogP) is 2.23. The van der Waals surface area contributed by atoms with Crippen LogP contribution in [0.4, 0.5) is 0 Å². The van der Waals surface area contributed by atoms with Crippen LogP contribution in [0.2, 0.25) is 5.02 Å². The number of aromatic nitrogens is 1. The zero-order valence-electron chi connectivity index (χ0n) is 8.33. The molecule has 0 saturated heterocycles. The smallest absolute Gasteiger partial charge is 0.141 e. The molecular formula is C10H14ClNO2. The Morgan fingerprint density at radius 3 is 2.86 bits per heavy atom. The molecule has 0 aliphatic carbocycles. The summed E-state index contributed by atoms with van der Waals surface area (Å²) in [6.07, 6.45) is 1.57. The first kappa shape index (κ1) is 11.3. The van der Waals surface area contributed by atoms with Crippen molar-refractivity contribution in [2.75, 3.05) is 13.2 Å². The Kier molecular flexibility index (Phi) is 4.17. The second-order valence-electron chi connectivity index (χ2n) is 3.27. The van der Waals surface area contributed by atoms with E-state index in [-0.39, 0.29) is 13.2 Å². The number of ether oxygens (including phenoxy) is 1. The molecule has 0 atom stereocenters. The monoisotopic (exact) mass is 215 g/mol. The molecule has 1 heterocycles. The maximum absolute atomic E-state index is 8.61. The zero-order chi connectivity index (χ0) is 10.6. The SMILES string of the molecule is CC(C)c1cc(OCCO)c(Cl)cn1. The molecule has 1 aromatic rings. The highest BCUT2D eigenvalue weighted by Crippen LogP contribution is 2.26. The summed E-state index contributed by atoms with van der Waals surface area (Å²) in [5.41, 5.74) is 0.933. The molecule has 78 valence electrons. The number of halogens is 1. The molecule has 0 aliphatic heterocycles. The lowest BCUT2D eigenvalue weighted by Crippen LogP contribution is -2.03. The van der Waals surface area contributed by atoms with Crippen LogP contribution in [-0.4, -0.2) is 23.3 Å². The van der Waals surface area contributed by atoms with Gasteiger partial charge in [-0.1, -0.05) is 25.4 Å². The third kappa shape index (κ3) is 2.86. The van der Waals surface area contributed by atoms with Gasteiger partial charge in [-0.25, -0.2) is 0 Å². The molecule has 1 rings (SSSR count). The third-order valence-corrected chi connectivity index (χ3v) is 2.07. The van der Waals surface area contributed by atoms with Crippen LogP contribution in [-0.2, 0) is 0 Å². The minimum absolute atomic E-state index is 0.0182. The van der Waals surface area contributed by atoms with Gasteiger partial charge in [0, 0.05) is 18.0 Å². The molecule has 0 saturated carbocycles. The summed E-state index contributed by atoms with van der Waals surface area (Å²) in [4.78, 5) is 4.17. The average molecular weight is 216 g/mol. The van der Waals surface area contributed by atoms with Crippen LogP contribution in [0.5, 0.6) is 5.75 Å². The number of aliphatic hydroxyl groups is 1. The summed E-state index contributed by atoms with van der Waals surface area (Å²) in [7, 11) is 0. The van der Waals surface area contributed by atoms with Gasteiger partial charge in [0.15, 0.2) is 0 Å². The number of rotatable bonds is 4. The highest BCUT2D eigenvalue weighted by Gasteiger charge is 2.06. The van der Waals surface area contributed by atoms with Crippen LogP contribution in [0.1, 0.15) is 25.5 Å². The normalized spacial score (nSPS) is 10.6. The standard InChI is InChI=1S/C10H14ClNO2/c1-7(2)9-5-10(14-4-3-13)8(11)6-12-9/h5-7,13H,3-4H2,1-2H3. The topological polar surface area (TPSA) is 42.4 Å². The summed E-state index contributed by atoms with van der Waals surface area (Å²) >= 11 is 5.87. The van der Waals surface area contributed by atoms with Crippen molar-refractivity contribution in [2.24, 2.45) is 0 Å². The third-order valence-electron chi connectivity index (χ3n) is 1.78. The molecule has 0 unspecified atom stereocenters. The van der Waals surface area contributed by atoms with Crippen LogP contribution in [0.15, 0.2) is 12.3 Å². The van der Waals surface area contributed by atoms with E-state index >= 15 is 0 Å². The zero-order valence-corrected chi connectivity index (χ0v) is 9.08. The average Bonchev–Trinajstić information content (AvgIpc) is 2.16. The van der Waals surface area contributed by atoms with Gasteiger partial charge in [-0.2, -0.15) is 0 Å². The Hall–Kier alpha value is -0.800. The van der Waals surface area contributed by atoms with Gasteiger partial charge in [-0.15, -0.1) is 0 Å². The number of hydrogen-bond acceptors (Lipinski definition) is 3. The van der Waals surface area contributed by atoms with Crippen LogP contribution < -0.4 is 4.74 Å². The number of pyridine rings is 1. The largest absolute Gasteiger partial charge is 0.490 e. The first-order valence-electron chi connectivity index (χ1n) is 4.54. The summed E-state index contributed by atoms with van der Waals surface area (Å²) in [6, 6.07) is 1.81. The van der Waals surface area contributed by atoms with E-state index in [1.807, 2.05) is 19.9 Å². The molecule has 0 fully saturated rings. The molecule has 1 N–H and O–H groups in total. The highest BCUT2D eigenvalue weighted by atomic mass is 35.5. The Morgan fingerprint density at radius 1 is 1.57 bits per heavy atom. The molecular weight excluding hydrogens is 202 g/mol. The molecule has 0 radical (unpaired) electrons. The number of aliphatic hydroxyl groups excluding tert-OH is 1. The first-order chi connectivity index (χ1) is 6.65. The van der Waals surface area contributed by atoms with Crippen molar-refractivity contribution >= 4 is 11.6 Å². The van der Waals surface area contributed by atoms with Gasteiger partial charge in [-0.05, 0) is 5.92 Å². The Labute approximate surface area is 88.7 Å². The van der Waals surface area contributed by atoms with Crippen molar-refractivity contribution in [2.45, 2.75) is 19.8 Å². The lowest BCUT2D eigenvalue weighted by Gasteiger charge is -2.09. The van der Waals surface area contributed by atoms with Gasteiger partial charge in [0.1, 0.15) is 17.4 Å². The number of nitrogens with zero attached hydrogens (tertiary/aromatic N) is 1. The van der Waals surface area contributed by atoms with Crippen molar-refractivity contribution < 1.29 is 9.84 Å². The van der Waals surface area contributed by atoms with Gasteiger partial charge >= 0.3 is 0 Å². The quantitative estimate of drug-likeness (QED) is 0.838. The molecule has 0 bridgehead atoms. The molecule has 14 heavy (non-hydrogen) atoms. The summed E-state index contributed by atoms with van der Waals surface area (Å²) < 4.78 is 5.25. The minimum Gasteiger partial charge on any atom is -0.490 e. The Morgan fingerprint density at radius 2 is 2.29 bits per heavy atom. The highest BCUT2D eigenvalue weighted by molar-refractivity contribution is 6.31. The van der Waals surface area contributed by atoms with Gasteiger partial charge in [0.05, 0.1) is 6.61 Å². The van der Waals surface area contributed by atoms with Crippen molar-refractivity contribution in [1.82, 2.24) is 4.98 Å². The summed E-state index contributed by atoms with van der Waals surface area (Å²) in [6.45, 7) is 4.33. The van der Waals surface area contributed by atoms with Crippen molar-refractivity contribution in [3.8, 4) is 5.75 Å². The van der Waals surface area contributed by atoms with Gasteiger partial charge < -0.3 is 9.84 Å². The van der Waals surface area contributed by atoms with Crippen LogP contribution >= 0.6 is 11.6 Å². The Bertz CT molecular complexity index is 302. The number of hydrogen-bond donors (Lipinski definition) is 1. The fourth-order valence-corrected chi connectivity index (χ4v) is 1.18. The van der Waals surface area contributed by atoms with E-state index in [2.05, 4.69) is 4.98 Å². The Balaban J connectivity index is 2.85. The van der Waals surface area contributed by atoms with Crippen molar-refractivity contribution in [3.05, 3.63) is 23.0 Å². The molecule has 3 nitrogen and oxygen atoms in total. The van der Waals surface area contributed by atoms with Crippen LogP contribution in [0, 0.1) is 0 Å². The van der Waals surface area contributed by atoms with E-state index in [1.165, 1.54) is 0 Å². The summed E-state index contributed by atoms with van der Waals surface area (Å²) in [5.74, 6) is 0.920. The molecule has 0 aromatic carbocycles. The second-order valence-corrected chi connectivity index (χ2v) is 3.67. The summed E-state index contributed by atoms with van der Waals surface area (Å²) in [5, 5.41) is 9.09. The van der Waals surface area contributed by atoms with Crippen molar-refractivity contribution in [1.29, 1.82) is 0 Å². The van der Waals surface area contributed by atoms with E-state index in [9.17, 15) is 0 Å². The molecule has 1 aromatic heterocycles. The van der Waals surface area contributed by atoms with E-state index in [0.29, 0.717) is 16.7 Å². The van der Waals surface area contributed by atoms with Gasteiger partial charge in [0.25, 0.3) is 0 Å². The second kappa shape index (κ2) is 5.17. The predicted molar refractivity (Wildman–Crippen MR) is 55.9 cm³/mol. The van der Waals surface area contributed by atoms with E-state index in [1.54, 1.807) is 6.20 Å². The van der Waals surface area contributed by atoms with Crippen molar-refractivity contribution in [3.63, 3.8) is 0 Å². The van der Waals surface area contributed by atoms with Crippen LogP contribution in [0.25, 0.3) is 0 Å². The molecule has 0 amide bonds. The minimum atomic E-state index is -0.0182. The van der Waals surface area contributed by atoms with Gasteiger partial charge in [0.2, 0.25) is 0 Å². The molecule has 0 aliphatic rings. The van der Waals surface area contributed by atoms with E-state index in [0.717, 1.165) is 5.69 Å². The molecule has 0 spiro atoms. The molecule has 4 heteroatoms. The maximum Gasteiger partial charge on any atom is 0.141 e.